The third-order valence-corrected chi connectivity index (χ3v) is 6.16. The predicted molar refractivity (Wildman–Crippen MR) is 106 cm³/mol. The molecule has 3 rings (SSSR count). The number of nitrogens with one attached hydrogen (secondary N) is 2. The van der Waals surface area contributed by atoms with Crippen molar-refractivity contribution in [1.82, 2.24) is 5.32 Å². The first kappa shape index (κ1) is 18.9. The fourth-order valence-corrected chi connectivity index (χ4v) is 4.88. The number of amides is 2. The lowest BCUT2D eigenvalue weighted by Crippen LogP contribution is -2.30. The number of carbonyl (C=O) groups is 2. The summed E-state index contributed by atoms with van der Waals surface area (Å²) < 4.78 is 0. The molecule has 1 aromatic carbocycles. The number of aryl methyl sites for hydroxylation is 1. The summed E-state index contributed by atoms with van der Waals surface area (Å²) in [5.74, 6) is -0.679. The molecular formula is C19H22ClN3O2S. The molecular weight excluding hydrogens is 370 g/mol. The van der Waals surface area contributed by atoms with E-state index < -0.39 is 5.91 Å². The van der Waals surface area contributed by atoms with Crippen molar-refractivity contribution in [2.24, 2.45) is 5.73 Å². The zero-order valence-corrected chi connectivity index (χ0v) is 16.2. The summed E-state index contributed by atoms with van der Waals surface area (Å²) in [5.41, 5.74) is 8.00. The number of hydrogen-bond donors (Lipinski definition) is 3. The van der Waals surface area contributed by atoms with Crippen molar-refractivity contribution in [3.8, 4) is 0 Å². The normalized spacial score (nSPS) is 14.5. The number of fused-ring (bicyclic) bond motifs is 1. The Bertz CT molecular complexity index is 834. The number of primary amides is 1. The highest BCUT2D eigenvalue weighted by atomic mass is 35.5. The van der Waals surface area contributed by atoms with Crippen molar-refractivity contribution >= 4 is 39.8 Å². The van der Waals surface area contributed by atoms with Crippen LogP contribution in [0.15, 0.2) is 24.3 Å². The molecule has 0 saturated carbocycles. The number of rotatable bonds is 6. The average Bonchev–Trinajstić information content (AvgIpc) is 2.98. The Kier molecular flexibility index (Phi) is 5.96. The van der Waals surface area contributed by atoms with E-state index >= 15 is 0 Å². The van der Waals surface area contributed by atoms with Gasteiger partial charge in [0.2, 0.25) is 5.91 Å². The first-order valence-corrected chi connectivity index (χ1v) is 9.88. The molecule has 7 heteroatoms. The molecule has 5 nitrogen and oxygen atoms in total. The van der Waals surface area contributed by atoms with Crippen LogP contribution >= 0.6 is 22.9 Å². The molecule has 0 radical (unpaired) electrons. The Morgan fingerprint density at radius 1 is 1.27 bits per heavy atom. The van der Waals surface area contributed by atoms with Gasteiger partial charge in [0.05, 0.1) is 12.1 Å². The summed E-state index contributed by atoms with van der Waals surface area (Å²) in [7, 11) is 0. The van der Waals surface area contributed by atoms with Crippen molar-refractivity contribution in [2.75, 3.05) is 11.9 Å². The molecule has 4 N–H and O–H groups in total. The van der Waals surface area contributed by atoms with E-state index in [1.54, 1.807) is 0 Å². The lowest BCUT2D eigenvalue weighted by molar-refractivity contribution is -0.115. The van der Waals surface area contributed by atoms with E-state index in [4.69, 9.17) is 17.3 Å². The van der Waals surface area contributed by atoms with Crippen molar-refractivity contribution in [3.05, 3.63) is 50.9 Å². The van der Waals surface area contributed by atoms with Crippen LogP contribution in [0.1, 0.15) is 52.2 Å². The molecule has 26 heavy (non-hydrogen) atoms. The van der Waals surface area contributed by atoms with Crippen LogP contribution in [0.5, 0.6) is 0 Å². The Morgan fingerprint density at radius 3 is 2.73 bits per heavy atom. The highest BCUT2D eigenvalue weighted by Crippen LogP contribution is 2.37. The van der Waals surface area contributed by atoms with Gasteiger partial charge in [-0.05, 0) is 49.8 Å². The molecule has 1 aromatic heterocycles. The van der Waals surface area contributed by atoms with E-state index in [2.05, 4.69) is 10.6 Å². The molecule has 1 aliphatic carbocycles. The van der Waals surface area contributed by atoms with Crippen LogP contribution in [0.2, 0.25) is 5.02 Å². The van der Waals surface area contributed by atoms with Gasteiger partial charge in [-0.2, -0.15) is 0 Å². The Morgan fingerprint density at radius 2 is 2.00 bits per heavy atom. The third kappa shape index (κ3) is 4.09. The Labute approximate surface area is 161 Å². The second-order valence-electron chi connectivity index (χ2n) is 6.45. The fourth-order valence-electron chi connectivity index (χ4n) is 3.27. The van der Waals surface area contributed by atoms with Gasteiger partial charge in [0, 0.05) is 15.9 Å². The molecule has 1 unspecified atom stereocenters. The Balaban J connectivity index is 1.66. The van der Waals surface area contributed by atoms with Crippen molar-refractivity contribution in [1.29, 1.82) is 0 Å². The number of thiophene rings is 1. The van der Waals surface area contributed by atoms with Gasteiger partial charge in [-0.15, -0.1) is 11.3 Å². The average molecular weight is 392 g/mol. The summed E-state index contributed by atoms with van der Waals surface area (Å²) in [6.45, 7) is 2.07. The smallest absolute Gasteiger partial charge is 0.251 e. The van der Waals surface area contributed by atoms with Crippen LogP contribution in [0, 0.1) is 0 Å². The second-order valence-corrected chi connectivity index (χ2v) is 7.96. The number of anilines is 1. The van der Waals surface area contributed by atoms with Crippen LogP contribution in [-0.4, -0.2) is 18.4 Å². The zero-order valence-electron chi connectivity index (χ0n) is 14.6. The number of hydrogen-bond acceptors (Lipinski definition) is 4. The van der Waals surface area contributed by atoms with Gasteiger partial charge in [-0.25, -0.2) is 0 Å². The Hall–Kier alpha value is -1.89. The molecule has 138 valence electrons. The van der Waals surface area contributed by atoms with E-state index in [0.717, 1.165) is 41.7 Å². The quantitative estimate of drug-likeness (QED) is 0.702. The van der Waals surface area contributed by atoms with E-state index in [9.17, 15) is 9.59 Å². The maximum absolute atomic E-state index is 12.4. The molecule has 1 atom stereocenters. The van der Waals surface area contributed by atoms with Crippen LogP contribution in [0.4, 0.5) is 5.00 Å². The minimum absolute atomic E-state index is 0.0680. The molecule has 2 amide bonds. The van der Waals surface area contributed by atoms with Crippen LogP contribution in [-0.2, 0) is 17.6 Å². The van der Waals surface area contributed by atoms with Crippen molar-refractivity contribution in [2.45, 2.75) is 38.6 Å². The molecule has 2 aromatic rings. The largest absolute Gasteiger partial charge is 0.365 e. The molecule has 0 fully saturated rings. The molecule has 1 heterocycles. The van der Waals surface area contributed by atoms with E-state index in [-0.39, 0.29) is 18.5 Å². The first-order valence-electron chi connectivity index (χ1n) is 8.69. The highest BCUT2D eigenvalue weighted by Gasteiger charge is 2.25. The van der Waals surface area contributed by atoms with Gasteiger partial charge in [0.25, 0.3) is 5.91 Å². The van der Waals surface area contributed by atoms with E-state index in [0.29, 0.717) is 15.6 Å². The minimum atomic E-state index is -0.475. The van der Waals surface area contributed by atoms with Gasteiger partial charge >= 0.3 is 0 Å². The van der Waals surface area contributed by atoms with E-state index in [1.165, 1.54) is 11.3 Å². The standard InChI is InChI=1S/C19H22ClN3O2S/c1-11(12-6-2-4-8-14(12)20)22-10-16(24)23-19-17(18(21)25)13-7-3-5-9-15(13)26-19/h2,4,6,8,11,22H,3,5,7,9-10H2,1H3,(H2,21,25)(H,23,24). The van der Waals surface area contributed by atoms with E-state index in [1.807, 2.05) is 31.2 Å². The van der Waals surface area contributed by atoms with Crippen molar-refractivity contribution < 1.29 is 9.59 Å². The van der Waals surface area contributed by atoms with Gasteiger partial charge in [0.1, 0.15) is 5.00 Å². The number of nitrogens with two attached hydrogens (primary N) is 1. The predicted octanol–water partition coefficient (Wildman–Crippen LogP) is 3.67. The SMILES string of the molecule is CC(NCC(=O)Nc1sc2c(c1C(N)=O)CCCC2)c1ccccc1Cl. The first-order chi connectivity index (χ1) is 12.5. The summed E-state index contributed by atoms with van der Waals surface area (Å²) in [4.78, 5) is 25.4. The third-order valence-electron chi connectivity index (χ3n) is 4.61. The monoisotopic (exact) mass is 391 g/mol. The maximum atomic E-state index is 12.4. The molecule has 0 aliphatic heterocycles. The number of carbonyl (C=O) groups excluding carboxylic acids is 2. The van der Waals surface area contributed by atoms with Gasteiger partial charge < -0.3 is 16.4 Å². The molecule has 0 bridgehead atoms. The second kappa shape index (κ2) is 8.20. The molecule has 0 saturated heterocycles. The molecule has 1 aliphatic rings. The maximum Gasteiger partial charge on any atom is 0.251 e. The van der Waals surface area contributed by atoms with Gasteiger partial charge in [0.15, 0.2) is 0 Å². The minimum Gasteiger partial charge on any atom is -0.365 e. The summed E-state index contributed by atoms with van der Waals surface area (Å²) >= 11 is 7.66. The summed E-state index contributed by atoms with van der Waals surface area (Å²) in [6, 6.07) is 7.46. The fraction of sp³-hybridized carbons (Fsp3) is 0.368. The number of benzene rings is 1. The summed E-state index contributed by atoms with van der Waals surface area (Å²) in [6.07, 6.45) is 3.95. The van der Waals surface area contributed by atoms with Gasteiger partial charge in [-0.1, -0.05) is 29.8 Å². The van der Waals surface area contributed by atoms with Crippen molar-refractivity contribution in [3.63, 3.8) is 0 Å². The lowest BCUT2D eigenvalue weighted by Gasteiger charge is -2.15. The zero-order chi connectivity index (χ0) is 18.7. The topological polar surface area (TPSA) is 84.2 Å². The number of halogens is 1. The lowest BCUT2D eigenvalue weighted by atomic mass is 9.95. The van der Waals surface area contributed by atoms with Crippen LogP contribution < -0.4 is 16.4 Å². The van der Waals surface area contributed by atoms with Crippen LogP contribution in [0.3, 0.4) is 0 Å². The highest BCUT2D eigenvalue weighted by molar-refractivity contribution is 7.17. The van der Waals surface area contributed by atoms with Gasteiger partial charge in [-0.3, -0.25) is 9.59 Å². The molecule has 0 spiro atoms. The van der Waals surface area contributed by atoms with Crippen LogP contribution in [0.25, 0.3) is 0 Å². The summed E-state index contributed by atoms with van der Waals surface area (Å²) in [5, 5.41) is 7.25.